The molecule has 0 atom stereocenters. The van der Waals surface area contributed by atoms with Gasteiger partial charge in [-0.1, -0.05) is 11.6 Å². The van der Waals surface area contributed by atoms with Crippen LogP contribution < -0.4 is 10.2 Å². The van der Waals surface area contributed by atoms with Crippen LogP contribution in [-0.2, 0) is 4.74 Å². The number of fused-ring (bicyclic) bond motifs is 1. The van der Waals surface area contributed by atoms with Crippen molar-refractivity contribution in [1.29, 1.82) is 0 Å². The largest absolute Gasteiger partial charge is 0.464 e. The highest BCUT2D eigenvalue weighted by Crippen LogP contribution is 2.29. The number of benzene rings is 2. The molecule has 0 fully saturated rings. The molecule has 1 heterocycles. The van der Waals surface area contributed by atoms with Gasteiger partial charge in [-0.05, 0) is 48.5 Å². The van der Waals surface area contributed by atoms with Crippen LogP contribution >= 0.6 is 11.6 Å². The predicted molar refractivity (Wildman–Crippen MR) is 102 cm³/mol. The fraction of sp³-hybridized carbons (Fsp3) is 0.158. The van der Waals surface area contributed by atoms with Gasteiger partial charge in [-0.2, -0.15) is 0 Å². The van der Waals surface area contributed by atoms with Crippen LogP contribution in [0.15, 0.2) is 48.5 Å². The number of anilines is 3. The number of nitrogens with zero attached hydrogens (tertiary/aromatic N) is 2. The molecule has 25 heavy (non-hydrogen) atoms. The first kappa shape index (κ1) is 17.0. The molecule has 5 nitrogen and oxygen atoms in total. The summed E-state index contributed by atoms with van der Waals surface area (Å²) in [5.41, 5.74) is 3.65. The van der Waals surface area contributed by atoms with Crippen LogP contribution in [0, 0.1) is 0 Å². The molecule has 128 valence electrons. The Labute approximate surface area is 151 Å². The molecule has 0 aliphatic rings. The number of esters is 1. The Morgan fingerprint density at radius 1 is 1.12 bits per heavy atom. The van der Waals surface area contributed by atoms with E-state index >= 15 is 0 Å². The first-order valence-corrected chi connectivity index (χ1v) is 8.09. The molecule has 0 aliphatic carbocycles. The summed E-state index contributed by atoms with van der Waals surface area (Å²) in [6, 6.07) is 15.0. The number of carbonyl (C=O) groups excluding carboxylic acids is 1. The standard InChI is InChI=1S/C19H18ClN3O2/c1-23(2)14-7-5-13(6-8-14)21-17-11-18(19(24)25-3)22-16-9-4-12(20)10-15(16)17/h4-11H,1-3H3,(H,21,22). The maximum absolute atomic E-state index is 11.9. The summed E-state index contributed by atoms with van der Waals surface area (Å²) in [4.78, 5) is 18.3. The van der Waals surface area contributed by atoms with E-state index in [1.54, 1.807) is 18.2 Å². The first-order valence-electron chi connectivity index (χ1n) is 7.71. The number of rotatable bonds is 4. The number of ether oxygens (including phenoxy) is 1. The van der Waals surface area contributed by atoms with Crippen molar-refractivity contribution in [3.8, 4) is 0 Å². The monoisotopic (exact) mass is 355 g/mol. The molecule has 0 radical (unpaired) electrons. The number of hydrogen-bond donors (Lipinski definition) is 1. The van der Waals surface area contributed by atoms with E-state index in [0.29, 0.717) is 10.5 Å². The van der Waals surface area contributed by atoms with Gasteiger partial charge >= 0.3 is 5.97 Å². The third-order valence-electron chi connectivity index (χ3n) is 3.83. The van der Waals surface area contributed by atoms with Crippen LogP contribution in [0.3, 0.4) is 0 Å². The van der Waals surface area contributed by atoms with E-state index in [9.17, 15) is 4.79 Å². The van der Waals surface area contributed by atoms with Crippen molar-refractivity contribution < 1.29 is 9.53 Å². The number of hydrogen-bond acceptors (Lipinski definition) is 5. The summed E-state index contributed by atoms with van der Waals surface area (Å²) < 4.78 is 4.80. The second kappa shape index (κ2) is 6.99. The van der Waals surface area contributed by atoms with Crippen molar-refractivity contribution in [2.75, 3.05) is 31.4 Å². The molecule has 3 rings (SSSR count). The predicted octanol–water partition coefficient (Wildman–Crippen LogP) is 4.48. The number of aromatic nitrogens is 1. The topological polar surface area (TPSA) is 54.5 Å². The summed E-state index contributed by atoms with van der Waals surface area (Å²) in [6.07, 6.45) is 0. The molecular formula is C19H18ClN3O2. The minimum Gasteiger partial charge on any atom is -0.464 e. The summed E-state index contributed by atoms with van der Waals surface area (Å²) in [5.74, 6) is -0.483. The second-order valence-corrected chi connectivity index (χ2v) is 6.21. The zero-order valence-corrected chi connectivity index (χ0v) is 15.0. The number of carbonyl (C=O) groups is 1. The van der Waals surface area contributed by atoms with Gasteiger partial charge in [0.05, 0.1) is 18.3 Å². The van der Waals surface area contributed by atoms with Crippen molar-refractivity contribution >= 4 is 45.5 Å². The molecule has 1 aromatic heterocycles. The fourth-order valence-corrected chi connectivity index (χ4v) is 2.68. The molecule has 0 aliphatic heterocycles. The highest BCUT2D eigenvalue weighted by molar-refractivity contribution is 6.31. The normalized spacial score (nSPS) is 10.6. The van der Waals surface area contributed by atoms with E-state index in [2.05, 4.69) is 10.3 Å². The van der Waals surface area contributed by atoms with Crippen LogP contribution in [0.1, 0.15) is 10.5 Å². The molecule has 0 spiro atoms. The maximum atomic E-state index is 11.9. The Kier molecular flexibility index (Phi) is 4.76. The minimum absolute atomic E-state index is 0.240. The summed E-state index contributed by atoms with van der Waals surface area (Å²) in [7, 11) is 5.32. The third-order valence-corrected chi connectivity index (χ3v) is 4.06. The average Bonchev–Trinajstić information content (AvgIpc) is 2.61. The Morgan fingerprint density at radius 3 is 2.48 bits per heavy atom. The maximum Gasteiger partial charge on any atom is 0.356 e. The van der Waals surface area contributed by atoms with Gasteiger partial charge in [0.25, 0.3) is 0 Å². The molecule has 2 aromatic carbocycles. The smallest absolute Gasteiger partial charge is 0.356 e. The van der Waals surface area contributed by atoms with Gasteiger partial charge < -0.3 is 15.0 Å². The third kappa shape index (κ3) is 3.67. The molecule has 0 saturated carbocycles. The summed E-state index contributed by atoms with van der Waals surface area (Å²) >= 11 is 6.13. The minimum atomic E-state index is -0.483. The first-order chi connectivity index (χ1) is 12.0. The Morgan fingerprint density at radius 2 is 1.84 bits per heavy atom. The van der Waals surface area contributed by atoms with E-state index in [1.807, 2.05) is 49.3 Å². The van der Waals surface area contributed by atoms with E-state index in [4.69, 9.17) is 16.3 Å². The van der Waals surface area contributed by atoms with Gasteiger partial charge in [0.15, 0.2) is 5.69 Å². The lowest BCUT2D eigenvalue weighted by atomic mass is 10.1. The van der Waals surface area contributed by atoms with Gasteiger partial charge in [-0.15, -0.1) is 0 Å². The molecule has 1 N–H and O–H groups in total. The van der Waals surface area contributed by atoms with Crippen molar-refractivity contribution in [1.82, 2.24) is 4.98 Å². The zero-order valence-electron chi connectivity index (χ0n) is 14.2. The Balaban J connectivity index is 2.06. The van der Waals surface area contributed by atoms with E-state index in [0.717, 1.165) is 22.4 Å². The van der Waals surface area contributed by atoms with E-state index in [1.165, 1.54) is 7.11 Å². The molecule has 0 unspecified atom stereocenters. The van der Waals surface area contributed by atoms with E-state index < -0.39 is 5.97 Å². The van der Waals surface area contributed by atoms with Gasteiger partial charge in [-0.25, -0.2) is 9.78 Å². The molecule has 0 saturated heterocycles. The van der Waals surface area contributed by atoms with Crippen LogP contribution in [0.4, 0.5) is 17.1 Å². The highest BCUT2D eigenvalue weighted by Gasteiger charge is 2.13. The molecule has 3 aromatic rings. The van der Waals surface area contributed by atoms with Crippen LogP contribution in [-0.4, -0.2) is 32.2 Å². The molecule has 6 heteroatoms. The number of halogens is 1. The molecular weight excluding hydrogens is 338 g/mol. The van der Waals surface area contributed by atoms with Crippen LogP contribution in [0.2, 0.25) is 5.02 Å². The SMILES string of the molecule is COC(=O)c1cc(Nc2ccc(N(C)C)cc2)c2cc(Cl)ccc2n1. The van der Waals surface area contributed by atoms with Gasteiger partial charge in [-0.3, -0.25) is 0 Å². The van der Waals surface area contributed by atoms with Crippen LogP contribution in [0.5, 0.6) is 0 Å². The van der Waals surface area contributed by atoms with Gasteiger partial charge in [0, 0.05) is 35.9 Å². The number of methoxy groups -OCH3 is 1. The summed E-state index contributed by atoms with van der Waals surface area (Å²) in [6.45, 7) is 0. The lowest BCUT2D eigenvalue weighted by molar-refractivity contribution is 0.0594. The second-order valence-electron chi connectivity index (χ2n) is 5.77. The van der Waals surface area contributed by atoms with Gasteiger partial charge in [0.1, 0.15) is 0 Å². The van der Waals surface area contributed by atoms with E-state index in [-0.39, 0.29) is 5.69 Å². The molecule has 0 amide bonds. The molecule has 0 bridgehead atoms. The van der Waals surface area contributed by atoms with Crippen molar-refractivity contribution in [2.45, 2.75) is 0 Å². The summed E-state index contributed by atoms with van der Waals surface area (Å²) in [5, 5.41) is 4.77. The highest BCUT2D eigenvalue weighted by atomic mass is 35.5. The van der Waals surface area contributed by atoms with Gasteiger partial charge in [0.2, 0.25) is 0 Å². The number of nitrogens with one attached hydrogen (secondary N) is 1. The lowest BCUT2D eigenvalue weighted by Crippen LogP contribution is -2.08. The average molecular weight is 356 g/mol. The Hall–Kier alpha value is -2.79. The van der Waals surface area contributed by atoms with Crippen molar-refractivity contribution in [3.63, 3.8) is 0 Å². The zero-order chi connectivity index (χ0) is 18.0. The van der Waals surface area contributed by atoms with Crippen LogP contribution in [0.25, 0.3) is 10.9 Å². The lowest BCUT2D eigenvalue weighted by Gasteiger charge is -2.15. The van der Waals surface area contributed by atoms with Crippen molar-refractivity contribution in [2.24, 2.45) is 0 Å². The fourth-order valence-electron chi connectivity index (χ4n) is 2.51. The Bertz CT molecular complexity index is 924. The quantitative estimate of drug-likeness (QED) is 0.699. The number of pyridine rings is 1. The van der Waals surface area contributed by atoms with Crippen molar-refractivity contribution in [3.05, 3.63) is 59.2 Å².